The third-order valence-electron chi connectivity index (χ3n) is 2.87. The fourth-order valence-electron chi connectivity index (χ4n) is 1.84. The molecule has 3 N–H and O–H groups in total. The maximum absolute atomic E-state index is 12.0. The van der Waals surface area contributed by atoms with E-state index in [2.05, 4.69) is 5.32 Å². The third kappa shape index (κ3) is 3.66. The van der Waals surface area contributed by atoms with Crippen LogP contribution >= 0.6 is 0 Å². The highest BCUT2D eigenvalue weighted by Gasteiger charge is 2.13. The number of carbonyl (C=O) groups is 1. The lowest BCUT2D eigenvalue weighted by atomic mass is 10.1. The van der Waals surface area contributed by atoms with Crippen molar-refractivity contribution in [2.75, 3.05) is 19.4 Å². The first kappa shape index (κ1) is 14.7. The molecule has 2 aromatic rings. The largest absolute Gasteiger partial charge is 0.497 e. The van der Waals surface area contributed by atoms with E-state index in [1.807, 2.05) is 6.92 Å². The van der Waals surface area contributed by atoms with Gasteiger partial charge in [0.2, 0.25) is 0 Å². The molecule has 0 aliphatic carbocycles. The van der Waals surface area contributed by atoms with Gasteiger partial charge in [-0.3, -0.25) is 4.79 Å². The van der Waals surface area contributed by atoms with Crippen molar-refractivity contribution in [2.24, 2.45) is 0 Å². The number of nitrogen functional groups attached to an aromatic ring is 1. The van der Waals surface area contributed by atoms with Gasteiger partial charge in [0.25, 0.3) is 5.91 Å². The molecule has 0 spiro atoms. The summed E-state index contributed by atoms with van der Waals surface area (Å²) in [6.45, 7) is 2.41. The van der Waals surface area contributed by atoms with Crippen LogP contribution in [0.3, 0.4) is 0 Å². The summed E-state index contributed by atoms with van der Waals surface area (Å²) >= 11 is 0. The van der Waals surface area contributed by atoms with Gasteiger partial charge in [0.15, 0.2) is 0 Å². The minimum absolute atomic E-state index is 0.194. The highest BCUT2D eigenvalue weighted by Crippen LogP contribution is 2.28. The molecule has 5 nitrogen and oxygen atoms in total. The van der Waals surface area contributed by atoms with E-state index in [0.717, 1.165) is 5.75 Å². The van der Waals surface area contributed by atoms with Gasteiger partial charge >= 0.3 is 0 Å². The van der Waals surface area contributed by atoms with Crippen LogP contribution in [-0.4, -0.2) is 19.6 Å². The van der Waals surface area contributed by atoms with Crippen LogP contribution in [0.5, 0.6) is 17.2 Å². The lowest BCUT2D eigenvalue weighted by molar-refractivity contribution is 0.0953. The number of nitrogens with two attached hydrogens (primary N) is 1. The zero-order valence-electron chi connectivity index (χ0n) is 12.1. The highest BCUT2D eigenvalue weighted by atomic mass is 16.5. The Morgan fingerprint density at radius 2 is 1.81 bits per heavy atom. The van der Waals surface area contributed by atoms with Crippen LogP contribution in [0.4, 0.5) is 5.69 Å². The van der Waals surface area contributed by atoms with E-state index in [4.69, 9.17) is 15.2 Å². The van der Waals surface area contributed by atoms with Gasteiger partial charge in [-0.05, 0) is 43.3 Å². The number of carbonyl (C=O) groups excluding carboxylic acids is 1. The first-order chi connectivity index (χ1) is 10.1. The molecule has 0 atom stereocenters. The molecule has 2 rings (SSSR count). The average Bonchev–Trinajstić information content (AvgIpc) is 2.48. The Kier molecular flexibility index (Phi) is 4.66. The molecule has 0 saturated carbocycles. The predicted octanol–water partition coefficient (Wildman–Crippen LogP) is 2.82. The standard InChI is InChI=1S/C16H18N2O3/c1-3-18-16(19)14-9-4-11(17)10-15(14)21-13-7-5-12(20-2)6-8-13/h4-10H,3,17H2,1-2H3,(H,18,19). The summed E-state index contributed by atoms with van der Waals surface area (Å²) in [7, 11) is 1.60. The molecule has 110 valence electrons. The van der Waals surface area contributed by atoms with Gasteiger partial charge < -0.3 is 20.5 Å². The summed E-state index contributed by atoms with van der Waals surface area (Å²) in [5.41, 5.74) is 6.75. The first-order valence-corrected chi connectivity index (χ1v) is 6.63. The summed E-state index contributed by atoms with van der Waals surface area (Å²) in [6.07, 6.45) is 0. The molecule has 2 aromatic carbocycles. The average molecular weight is 286 g/mol. The van der Waals surface area contributed by atoms with Gasteiger partial charge in [-0.25, -0.2) is 0 Å². The second kappa shape index (κ2) is 6.65. The van der Waals surface area contributed by atoms with Crippen LogP contribution in [0.25, 0.3) is 0 Å². The lowest BCUT2D eigenvalue weighted by Gasteiger charge is -2.12. The Balaban J connectivity index is 2.28. The quantitative estimate of drug-likeness (QED) is 0.829. The maximum Gasteiger partial charge on any atom is 0.255 e. The predicted molar refractivity (Wildman–Crippen MR) is 81.9 cm³/mol. The smallest absolute Gasteiger partial charge is 0.255 e. The lowest BCUT2D eigenvalue weighted by Crippen LogP contribution is -2.23. The monoisotopic (exact) mass is 286 g/mol. The van der Waals surface area contributed by atoms with Gasteiger partial charge in [-0.15, -0.1) is 0 Å². The van der Waals surface area contributed by atoms with E-state index in [1.165, 1.54) is 0 Å². The molecule has 0 heterocycles. The Morgan fingerprint density at radius 3 is 2.43 bits per heavy atom. The van der Waals surface area contributed by atoms with Crippen LogP contribution in [0, 0.1) is 0 Å². The van der Waals surface area contributed by atoms with E-state index in [-0.39, 0.29) is 5.91 Å². The van der Waals surface area contributed by atoms with Crippen molar-refractivity contribution >= 4 is 11.6 Å². The zero-order chi connectivity index (χ0) is 15.2. The summed E-state index contributed by atoms with van der Waals surface area (Å²) in [5.74, 6) is 1.57. The van der Waals surface area contributed by atoms with Crippen LogP contribution in [-0.2, 0) is 0 Å². The second-order valence-electron chi connectivity index (χ2n) is 4.39. The number of hydrogen-bond donors (Lipinski definition) is 2. The number of amides is 1. The van der Waals surface area contributed by atoms with Crippen LogP contribution in [0.15, 0.2) is 42.5 Å². The van der Waals surface area contributed by atoms with Gasteiger partial charge in [-0.1, -0.05) is 0 Å². The van der Waals surface area contributed by atoms with Crippen molar-refractivity contribution < 1.29 is 14.3 Å². The molecule has 21 heavy (non-hydrogen) atoms. The molecule has 0 bridgehead atoms. The summed E-state index contributed by atoms with van der Waals surface area (Å²) in [6, 6.07) is 12.1. The number of nitrogens with one attached hydrogen (secondary N) is 1. The molecule has 1 amide bonds. The van der Waals surface area contributed by atoms with E-state index < -0.39 is 0 Å². The van der Waals surface area contributed by atoms with E-state index in [1.54, 1.807) is 49.6 Å². The maximum atomic E-state index is 12.0. The SMILES string of the molecule is CCNC(=O)c1ccc(N)cc1Oc1ccc(OC)cc1. The van der Waals surface area contributed by atoms with Crippen LogP contribution in [0.1, 0.15) is 17.3 Å². The first-order valence-electron chi connectivity index (χ1n) is 6.63. The zero-order valence-corrected chi connectivity index (χ0v) is 12.1. The fraction of sp³-hybridized carbons (Fsp3) is 0.188. The van der Waals surface area contributed by atoms with Gasteiger partial charge in [0.1, 0.15) is 17.2 Å². The van der Waals surface area contributed by atoms with Crippen molar-refractivity contribution in [3.05, 3.63) is 48.0 Å². The van der Waals surface area contributed by atoms with Gasteiger partial charge in [-0.2, -0.15) is 0 Å². The Hall–Kier alpha value is -2.69. The van der Waals surface area contributed by atoms with Crippen molar-refractivity contribution in [1.82, 2.24) is 5.32 Å². The van der Waals surface area contributed by atoms with Crippen molar-refractivity contribution in [3.63, 3.8) is 0 Å². The summed E-state index contributed by atoms with van der Waals surface area (Å²) < 4.78 is 10.9. The molecular weight excluding hydrogens is 268 g/mol. The Labute approximate surface area is 123 Å². The molecule has 5 heteroatoms. The summed E-state index contributed by atoms with van der Waals surface area (Å²) in [5, 5.41) is 2.75. The molecule has 0 saturated heterocycles. The number of ether oxygens (including phenoxy) is 2. The molecule has 0 aliphatic rings. The van der Waals surface area contributed by atoms with E-state index in [9.17, 15) is 4.79 Å². The number of rotatable bonds is 5. The normalized spacial score (nSPS) is 10.0. The molecule has 0 unspecified atom stereocenters. The highest BCUT2D eigenvalue weighted by molar-refractivity contribution is 5.97. The molecular formula is C16H18N2O3. The van der Waals surface area contributed by atoms with Crippen molar-refractivity contribution in [1.29, 1.82) is 0 Å². The molecule has 0 aliphatic heterocycles. The third-order valence-corrected chi connectivity index (χ3v) is 2.87. The summed E-state index contributed by atoms with van der Waals surface area (Å²) in [4.78, 5) is 12.0. The van der Waals surface area contributed by atoms with E-state index >= 15 is 0 Å². The topological polar surface area (TPSA) is 73.6 Å². The van der Waals surface area contributed by atoms with Gasteiger partial charge in [0.05, 0.1) is 12.7 Å². The van der Waals surface area contributed by atoms with Crippen molar-refractivity contribution in [3.8, 4) is 17.2 Å². The number of anilines is 1. The molecule has 0 fully saturated rings. The van der Waals surface area contributed by atoms with Gasteiger partial charge in [0, 0.05) is 18.3 Å². The molecule has 0 aromatic heterocycles. The number of hydrogen-bond acceptors (Lipinski definition) is 4. The fourth-order valence-corrected chi connectivity index (χ4v) is 1.84. The van der Waals surface area contributed by atoms with E-state index in [0.29, 0.717) is 29.3 Å². The number of methoxy groups -OCH3 is 1. The second-order valence-corrected chi connectivity index (χ2v) is 4.39. The van der Waals surface area contributed by atoms with Crippen LogP contribution in [0.2, 0.25) is 0 Å². The molecule has 0 radical (unpaired) electrons. The number of benzene rings is 2. The van der Waals surface area contributed by atoms with Crippen LogP contribution < -0.4 is 20.5 Å². The minimum atomic E-state index is -0.194. The Bertz CT molecular complexity index is 624. The van der Waals surface area contributed by atoms with Crippen molar-refractivity contribution in [2.45, 2.75) is 6.92 Å². The Morgan fingerprint density at radius 1 is 1.14 bits per heavy atom. The minimum Gasteiger partial charge on any atom is -0.497 e.